The molecule has 0 spiro atoms. The molecule has 5 heteroatoms. The van der Waals surface area contributed by atoms with Gasteiger partial charge >= 0.3 is 80.4 Å². The van der Waals surface area contributed by atoms with Crippen molar-refractivity contribution in [3.05, 3.63) is 24.3 Å². The summed E-state index contributed by atoms with van der Waals surface area (Å²) in [6.07, 6.45) is -4.59. The molecule has 0 heterocycles. The Morgan fingerprint density at radius 3 is 2.00 bits per heavy atom. The maximum atomic E-state index is 11.6. The zero-order valence-electron chi connectivity index (χ0n) is 5.93. The predicted octanol–water partition coefficient (Wildman–Crippen LogP) is 1.11. The van der Waals surface area contributed by atoms with Gasteiger partial charge in [0.1, 0.15) is 0 Å². The third-order valence-electron chi connectivity index (χ3n) is 1.11. The Labute approximate surface area is 80.6 Å². The third kappa shape index (κ3) is 3.34. The van der Waals surface area contributed by atoms with Crippen molar-refractivity contribution in [2.45, 2.75) is 6.36 Å². The standard InChI is InChI=1S/C7H4F3O.Sn.H/c8-7(9,10)11-6-4-2-1-3-5-6;;/h2-5H;;. The first-order valence-electron chi connectivity index (χ1n) is 3.09. The molecule has 2 radical (unpaired) electrons. The molecule has 0 amide bonds. The molecule has 0 aliphatic heterocycles. The van der Waals surface area contributed by atoms with Crippen LogP contribution in [0.2, 0.25) is 0 Å². The van der Waals surface area contributed by atoms with Gasteiger partial charge in [-0.3, -0.25) is 0 Å². The normalized spacial score (nSPS) is 11.3. The number of hydrogen-bond donors (Lipinski definition) is 0. The van der Waals surface area contributed by atoms with Crippen LogP contribution in [-0.2, 0) is 0 Å². The van der Waals surface area contributed by atoms with Crippen molar-refractivity contribution in [1.82, 2.24) is 0 Å². The van der Waals surface area contributed by atoms with Gasteiger partial charge in [-0.25, -0.2) is 0 Å². The van der Waals surface area contributed by atoms with Gasteiger partial charge < -0.3 is 0 Å². The topological polar surface area (TPSA) is 9.23 Å². The first-order valence-corrected chi connectivity index (χ1v) is 4.73. The summed E-state index contributed by atoms with van der Waals surface area (Å²) in [6.45, 7) is 0. The van der Waals surface area contributed by atoms with Crippen molar-refractivity contribution in [3.8, 4) is 5.75 Å². The molecule has 1 nitrogen and oxygen atoms in total. The Balaban J connectivity index is 2.71. The number of halogens is 3. The molecule has 0 unspecified atom stereocenters. The van der Waals surface area contributed by atoms with Crippen molar-refractivity contribution in [2.24, 2.45) is 0 Å². The molecule has 0 saturated carbocycles. The van der Waals surface area contributed by atoms with Crippen LogP contribution in [0.15, 0.2) is 24.3 Å². The van der Waals surface area contributed by atoms with Gasteiger partial charge in [-0.1, -0.05) is 0 Å². The molecule has 1 rings (SSSR count). The zero-order valence-corrected chi connectivity index (χ0v) is 9.22. The fourth-order valence-corrected chi connectivity index (χ4v) is 1.22. The van der Waals surface area contributed by atoms with Crippen LogP contribution in [0, 0.1) is 0 Å². The molecule has 0 N–H and O–H groups in total. The summed E-state index contributed by atoms with van der Waals surface area (Å²) in [5, 5.41) is 0. The van der Waals surface area contributed by atoms with E-state index in [4.69, 9.17) is 0 Å². The molecule has 0 atom stereocenters. The monoisotopic (exact) mass is 282 g/mol. The molecule has 0 saturated heterocycles. The molecular weight excluding hydrogens is 276 g/mol. The maximum absolute atomic E-state index is 11.6. The van der Waals surface area contributed by atoms with E-state index in [0.717, 1.165) is 26.1 Å². The number of hydrogen-bond acceptors (Lipinski definition) is 1. The van der Waals surface area contributed by atoms with Gasteiger partial charge in [0.25, 0.3) is 0 Å². The molecule has 64 valence electrons. The average molecular weight is 281 g/mol. The van der Waals surface area contributed by atoms with E-state index in [1.165, 1.54) is 12.1 Å². The quantitative estimate of drug-likeness (QED) is 0.701. The predicted molar refractivity (Wildman–Crippen MR) is 39.9 cm³/mol. The van der Waals surface area contributed by atoms with Gasteiger partial charge in [0.15, 0.2) is 0 Å². The number of alkyl halides is 3. The summed E-state index contributed by atoms with van der Waals surface area (Å²) in [6, 6.07) is 5.85. The van der Waals surface area contributed by atoms with Crippen LogP contribution in [0.25, 0.3) is 0 Å². The van der Waals surface area contributed by atoms with E-state index in [0.29, 0.717) is 0 Å². The Morgan fingerprint density at radius 1 is 1.08 bits per heavy atom. The molecule has 1 aromatic carbocycles. The van der Waals surface area contributed by atoms with Crippen LogP contribution in [0.4, 0.5) is 13.2 Å². The van der Waals surface area contributed by atoms with Crippen molar-refractivity contribution in [3.63, 3.8) is 0 Å². The molecule has 12 heavy (non-hydrogen) atoms. The van der Waals surface area contributed by atoms with E-state index in [-0.39, 0.29) is 5.75 Å². The zero-order chi connectivity index (χ0) is 9.19. The van der Waals surface area contributed by atoms with Gasteiger partial charge in [0.05, 0.1) is 0 Å². The second-order valence-electron chi connectivity index (χ2n) is 2.12. The molecule has 0 fully saturated rings. The first kappa shape index (κ1) is 9.69. The van der Waals surface area contributed by atoms with E-state index in [1.807, 2.05) is 0 Å². The fourth-order valence-electron chi connectivity index (χ4n) is 0.669. The Morgan fingerprint density at radius 2 is 1.58 bits per heavy atom. The molecule has 1 aromatic rings. The second kappa shape index (κ2) is 3.55. The van der Waals surface area contributed by atoms with E-state index < -0.39 is 6.36 Å². The third-order valence-corrected chi connectivity index (χ3v) is 2.21. The number of ether oxygens (including phenoxy) is 1. The van der Waals surface area contributed by atoms with Gasteiger partial charge in [-0.15, -0.1) is 0 Å². The van der Waals surface area contributed by atoms with Crippen molar-refractivity contribution >= 4 is 26.1 Å². The average Bonchev–Trinajstić information content (AvgIpc) is 1.91. The van der Waals surface area contributed by atoms with Crippen LogP contribution >= 0.6 is 0 Å². The SMILES string of the molecule is FC(F)(F)Oc1cc[c]([SnH])cc1. The number of rotatable bonds is 1. The van der Waals surface area contributed by atoms with Crippen LogP contribution < -0.4 is 8.32 Å². The van der Waals surface area contributed by atoms with Crippen LogP contribution in [0.1, 0.15) is 0 Å². The number of benzene rings is 1. The second-order valence-corrected chi connectivity index (χ2v) is 4.02. The van der Waals surface area contributed by atoms with E-state index in [2.05, 4.69) is 4.74 Å². The van der Waals surface area contributed by atoms with Crippen molar-refractivity contribution in [1.29, 1.82) is 0 Å². The van der Waals surface area contributed by atoms with E-state index in [9.17, 15) is 13.2 Å². The van der Waals surface area contributed by atoms with Gasteiger partial charge in [-0.05, 0) is 0 Å². The van der Waals surface area contributed by atoms with E-state index in [1.54, 1.807) is 12.1 Å². The summed E-state index contributed by atoms with van der Waals surface area (Å²) in [7, 11) is 0. The summed E-state index contributed by atoms with van der Waals surface area (Å²) >= 11 is 0.888. The summed E-state index contributed by atoms with van der Waals surface area (Å²) in [5.41, 5.74) is 0. The fraction of sp³-hybridized carbons (Fsp3) is 0.143. The van der Waals surface area contributed by atoms with Gasteiger partial charge in [-0.2, -0.15) is 0 Å². The first-order chi connectivity index (χ1) is 5.47. The molecule has 0 aliphatic carbocycles. The van der Waals surface area contributed by atoms with Crippen molar-refractivity contribution < 1.29 is 17.9 Å². The molecule has 0 aromatic heterocycles. The molecule has 0 bridgehead atoms. The van der Waals surface area contributed by atoms with E-state index >= 15 is 0 Å². The molecule has 0 aliphatic rings. The van der Waals surface area contributed by atoms with Gasteiger partial charge in [0.2, 0.25) is 0 Å². The Hall–Kier alpha value is -0.391. The Kier molecular flexibility index (Phi) is 2.87. The Bertz CT molecular complexity index is 254. The summed E-state index contributed by atoms with van der Waals surface area (Å²) in [5.74, 6) is -0.166. The van der Waals surface area contributed by atoms with Crippen LogP contribution in [0.3, 0.4) is 0 Å². The van der Waals surface area contributed by atoms with Gasteiger partial charge in [0, 0.05) is 0 Å². The minimum atomic E-state index is -4.59. The minimum absolute atomic E-state index is 0.166. The summed E-state index contributed by atoms with van der Waals surface area (Å²) in [4.78, 5) is 0. The summed E-state index contributed by atoms with van der Waals surface area (Å²) < 4.78 is 39.6. The molecular formula is C7H5F3OSn. The van der Waals surface area contributed by atoms with Crippen LogP contribution in [0.5, 0.6) is 5.75 Å². The van der Waals surface area contributed by atoms with Crippen LogP contribution in [-0.4, -0.2) is 28.9 Å². The van der Waals surface area contributed by atoms with Crippen molar-refractivity contribution in [2.75, 3.05) is 0 Å².